The second-order valence-corrected chi connectivity index (χ2v) is 5.27. The lowest BCUT2D eigenvalue weighted by Gasteiger charge is -2.07. The second kappa shape index (κ2) is 6.06. The molecule has 2 aromatic rings. The van der Waals surface area contributed by atoms with Crippen molar-refractivity contribution in [2.24, 2.45) is 0 Å². The Morgan fingerprint density at radius 3 is 2.57 bits per heavy atom. The highest BCUT2D eigenvalue weighted by atomic mass is 19.1. The first-order valence-corrected chi connectivity index (χ1v) is 7.07. The van der Waals surface area contributed by atoms with E-state index in [0.29, 0.717) is 12.0 Å². The van der Waals surface area contributed by atoms with Crippen LogP contribution < -0.4 is 10.6 Å². The van der Waals surface area contributed by atoms with E-state index >= 15 is 0 Å². The van der Waals surface area contributed by atoms with Crippen LogP contribution in [-0.4, -0.2) is 18.5 Å². The van der Waals surface area contributed by atoms with Crippen LogP contribution in [0.1, 0.15) is 17.9 Å². The third-order valence-corrected chi connectivity index (χ3v) is 3.69. The van der Waals surface area contributed by atoms with Crippen molar-refractivity contribution in [2.45, 2.75) is 18.4 Å². The molecule has 2 unspecified atom stereocenters. The van der Waals surface area contributed by atoms with Crippen LogP contribution in [0, 0.1) is 5.82 Å². The molecule has 1 aliphatic carbocycles. The highest BCUT2D eigenvalue weighted by Crippen LogP contribution is 2.40. The first kappa shape index (κ1) is 13.8. The molecule has 0 aromatic heterocycles. The topological polar surface area (TPSA) is 41.1 Å². The van der Waals surface area contributed by atoms with Gasteiger partial charge < -0.3 is 10.6 Å². The summed E-state index contributed by atoms with van der Waals surface area (Å²) in [5, 5.41) is 5.78. The number of hydrogen-bond donors (Lipinski definition) is 2. The van der Waals surface area contributed by atoms with Crippen molar-refractivity contribution in [2.75, 3.05) is 11.9 Å². The molecule has 2 atom stereocenters. The Kier molecular flexibility index (Phi) is 3.97. The van der Waals surface area contributed by atoms with Crippen LogP contribution in [0.25, 0.3) is 0 Å². The number of amides is 1. The third kappa shape index (κ3) is 3.47. The number of rotatable bonds is 5. The normalized spacial score (nSPS) is 20.0. The Morgan fingerprint density at radius 1 is 1.10 bits per heavy atom. The number of carbonyl (C=O) groups is 1. The molecule has 3 nitrogen and oxygen atoms in total. The van der Waals surface area contributed by atoms with E-state index in [1.807, 2.05) is 18.2 Å². The molecule has 108 valence electrons. The van der Waals surface area contributed by atoms with Gasteiger partial charge in [-0.3, -0.25) is 4.79 Å². The van der Waals surface area contributed by atoms with Gasteiger partial charge in [0.1, 0.15) is 5.82 Å². The molecular weight excluding hydrogens is 267 g/mol. The summed E-state index contributed by atoms with van der Waals surface area (Å²) in [6.45, 7) is 0.197. The summed E-state index contributed by atoms with van der Waals surface area (Å²) in [4.78, 5) is 11.8. The number of benzene rings is 2. The number of carbonyl (C=O) groups excluding carboxylic acids is 1. The summed E-state index contributed by atoms with van der Waals surface area (Å²) in [7, 11) is 0. The Hall–Kier alpha value is -2.20. The number of anilines is 1. The van der Waals surface area contributed by atoms with E-state index in [2.05, 4.69) is 22.8 Å². The SMILES string of the molecule is O=C(CNC1CC1c1ccccc1)Nc1ccccc1F. The fourth-order valence-corrected chi connectivity index (χ4v) is 2.47. The molecule has 21 heavy (non-hydrogen) atoms. The minimum atomic E-state index is -0.417. The van der Waals surface area contributed by atoms with Crippen LogP contribution in [0.5, 0.6) is 0 Å². The number of nitrogens with one attached hydrogen (secondary N) is 2. The maximum absolute atomic E-state index is 13.4. The third-order valence-electron chi connectivity index (χ3n) is 3.69. The Bertz CT molecular complexity index is 630. The summed E-state index contributed by atoms with van der Waals surface area (Å²) < 4.78 is 13.4. The number of hydrogen-bond acceptors (Lipinski definition) is 2. The average Bonchev–Trinajstić information content (AvgIpc) is 3.28. The molecule has 0 saturated heterocycles. The van der Waals surface area contributed by atoms with Gasteiger partial charge in [-0.05, 0) is 24.1 Å². The van der Waals surface area contributed by atoms with E-state index in [1.165, 1.54) is 11.6 Å². The predicted molar refractivity (Wildman–Crippen MR) is 80.6 cm³/mol. The van der Waals surface area contributed by atoms with Gasteiger partial charge in [-0.1, -0.05) is 42.5 Å². The summed E-state index contributed by atoms with van der Waals surface area (Å²) in [6.07, 6.45) is 1.04. The average molecular weight is 284 g/mol. The summed E-state index contributed by atoms with van der Waals surface area (Å²) in [6, 6.07) is 16.8. The second-order valence-electron chi connectivity index (χ2n) is 5.27. The molecular formula is C17H17FN2O. The Balaban J connectivity index is 1.47. The molecule has 1 saturated carbocycles. The maximum atomic E-state index is 13.4. The minimum absolute atomic E-state index is 0.197. The molecule has 0 radical (unpaired) electrons. The van der Waals surface area contributed by atoms with Crippen molar-refractivity contribution in [1.82, 2.24) is 5.32 Å². The summed E-state index contributed by atoms with van der Waals surface area (Å²) in [5.74, 6) is -0.161. The fraction of sp³-hybridized carbons (Fsp3) is 0.235. The first-order chi connectivity index (χ1) is 10.2. The van der Waals surface area contributed by atoms with Crippen molar-refractivity contribution < 1.29 is 9.18 Å². The van der Waals surface area contributed by atoms with Crippen LogP contribution in [0.2, 0.25) is 0 Å². The van der Waals surface area contributed by atoms with Gasteiger partial charge >= 0.3 is 0 Å². The number of para-hydroxylation sites is 1. The summed E-state index contributed by atoms with van der Waals surface area (Å²) >= 11 is 0. The zero-order chi connectivity index (χ0) is 14.7. The zero-order valence-corrected chi connectivity index (χ0v) is 11.6. The van der Waals surface area contributed by atoms with E-state index in [9.17, 15) is 9.18 Å². The smallest absolute Gasteiger partial charge is 0.238 e. The standard InChI is InChI=1S/C17H17FN2O/c18-14-8-4-5-9-15(14)20-17(21)11-19-16-10-13(16)12-6-2-1-3-7-12/h1-9,13,16,19H,10-11H2,(H,20,21). The fourth-order valence-electron chi connectivity index (χ4n) is 2.47. The van der Waals surface area contributed by atoms with Crippen molar-refractivity contribution in [3.05, 3.63) is 66.0 Å². The van der Waals surface area contributed by atoms with Crippen molar-refractivity contribution in [3.63, 3.8) is 0 Å². The maximum Gasteiger partial charge on any atom is 0.238 e. The van der Waals surface area contributed by atoms with Gasteiger partial charge in [-0.2, -0.15) is 0 Å². The van der Waals surface area contributed by atoms with E-state index in [1.54, 1.807) is 18.2 Å². The molecule has 0 spiro atoms. The molecule has 0 heterocycles. The quantitative estimate of drug-likeness (QED) is 0.886. The van der Waals surface area contributed by atoms with E-state index < -0.39 is 5.82 Å². The van der Waals surface area contributed by atoms with Crippen LogP contribution in [0.3, 0.4) is 0 Å². The molecule has 2 N–H and O–H groups in total. The van der Waals surface area contributed by atoms with Gasteiger partial charge in [0.15, 0.2) is 0 Å². The van der Waals surface area contributed by atoms with Gasteiger partial charge in [0.05, 0.1) is 12.2 Å². The van der Waals surface area contributed by atoms with Crippen molar-refractivity contribution in [3.8, 4) is 0 Å². The lowest BCUT2D eigenvalue weighted by molar-refractivity contribution is -0.115. The largest absolute Gasteiger partial charge is 0.322 e. The van der Waals surface area contributed by atoms with Gasteiger partial charge in [-0.25, -0.2) is 4.39 Å². The molecule has 1 aliphatic rings. The highest BCUT2D eigenvalue weighted by molar-refractivity contribution is 5.92. The monoisotopic (exact) mass is 284 g/mol. The van der Waals surface area contributed by atoms with E-state index in [0.717, 1.165) is 6.42 Å². The van der Waals surface area contributed by atoms with Gasteiger partial charge in [0.2, 0.25) is 5.91 Å². The zero-order valence-electron chi connectivity index (χ0n) is 11.6. The minimum Gasteiger partial charge on any atom is -0.322 e. The lowest BCUT2D eigenvalue weighted by atomic mass is 10.1. The Morgan fingerprint density at radius 2 is 1.81 bits per heavy atom. The molecule has 3 rings (SSSR count). The van der Waals surface area contributed by atoms with Crippen molar-refractivity contribution in [1.29, 1.82) is 0 Å². The molecule has 1 fully saturated rings. The Labute approximate surface area is 123 Å². The van der Waals surface area contributed by atoms with Gasteiger partial charge in [0, 0.05) is 12.0 Å². The highest BCUT2D eigenvalue weighted by Gasteiger charge is 2.37. The van der Waals surface area contributed by atoms with Crippen LogP contribution in [-0.2, 0) is 4.79 Å². The molecule has 4 heteroatoms. The molecule has 1 amide bonds. The van der Waals surface area contributed by atoms with Crippen LogP contribution in [0.4, 0.5) is 10.1 Å². The first-order valence-electron chi connectivity index (χ1n) is 7.07. The summed E-state index contributed by atoms with van der Waals surface area (Å²) in [5.41, 5.74) is 1.52. The van der Waals surface area contributed by atoms with Gasteiger partial charge in [0.25, 0.3) is 0 Å². The van der Waals surface area contributed by atoms with Crippen LogP contribution in [0.15, 0.2) is 54.6 Å². The number of halogens is 1. The lowest BCUT2D eigenvalue weighted by Crippen LogP contribution is -2.30. The molecule has 0 bridgehead atoms. The predicted octanol–water partition coefficient (Wildman–Crippen LogP) is 2.91. The van der Waals surface area contributed by atoms with Gasteiger partial charge in [-0.15, -0.1) is 0 Å². The van der Waals surface area contributed by atoms with E-state index in [4.69, 9.17) is 0 Å². The molecule has 2 aromatic carbocycles. The van der Waals surface area contributed by atoms with Crippen LogP contribution >= 0.6 is 0 Å². The van der Waals surface area contributed by atoms with E-state index in [-0.39, 0.29) is 18.1 Å². The molecule has 0 aliphatic heterocycles. The van der Waals surface area contributed by atoms with Crippen molar-refractivity contribution >= 4 is 11.6 Å².